The van der Waals surface area contributed by atoms with Gasteiger partial charge in [0.25, 0.3) is 0 Å². The maximum atomic E-state index is 13.8. The summed E-state index contributed by atoms with van der Waals surface area (Å²) >= 11 is 5.98. The second-order valence-electron chi connectivity index (χ2n) is 4.80. The molecule has 1 nitrogen and oxygen atoms in total. The summed E-state index contributed by atoms with van der Waals surface area (Å²) < 4.78 is 27.0. The van der Waals surface area contributed by atoms with Gasteiger partial charge in [-0.25, -0.2) is 8.78 Å². The smallest absolute Gasteiger partial charge is 0.127 e. The lowest BCUT2D eigenvalue weighted by Crippen LogP contribution is -2.36. The van der Waals surface area contributed by atoms with Crippen LogP contribution in [-0.2, 0) is 12.0 Å². The molecule has 0 spiro atoms. The lowest BCUT2D eigenvalue weighted by molar-refractivity contribution is 0.471. The maximum absolute atomic E-state index is 13.8. The summed E-state index contributed by atoms with van der Waals surface area (Å²) in [6, 6.07) is 10.5. The molecule has 0 aliphatic carbocycles. The molecule has 1 atom stereocenters. The van der Waals surface area contributed by atoms with E-state index in [0.29, 0.717) is 16.1 Å². The Kier molecular flexibility index (Phi) is 3.88. The molecule has 0 aromatic heterocycles. The zero-order chi connectivity index (χ0) is 14.0. The minimum absolute atomic E-state index is 0.196. The third-order valence-corrected chi connectivity index (χ3v) is 3.44. The Morgan fingerprint density at radius 1 is 1.16 bits per heavy atom. The summed E-state index contributed by atoms with van der Waals surface area (Å²) in [5.74, 6) is -0.769. The fourth-order valence-corrected chi connectivity index (χ4v) is 2.24. The van der Waals surface area contributed by atoms with E-state index >= 15 is 0 Å². The van der Waals surface area contributed by atoms with Gasteiger partial charge in [0.15, 0.2) is 0 Å². The van der Waals surface area contributed by atoms with E-state index in [-0.39, 0.29) is 12.2 Å². The van der Waals surface area contributed by atoms with Crippen LogP contribution in [0.25, 0.3) is 0 Å². The molecule has 0 saturated heterocycles. The van der Waals surface area contributed by atoms with E-state index in [4.69, 9.17) is 17.3 Å². The second kappa shape index (κ2) is 5.27. The first kappa shape index (κ1) is 14.0. The molecule has 0 heterocycles. The van der Waals surface area contributed by atoms with Crippen LogP contribution in [0.1, 0.15) is 18.1 Å². The maximum Gasteiger partial charge on any atom is 0.127 e. The number of hydrogen-bond acceptors (Lipinski definition) is 1. The Labute approximate surface area is 116 Å². The molecular formula is C15H14ClF2N. The van der Waals surface area contributed by atoms with Crippen molar-refractivity contribution in [1.82, 2.24) is 0 Å². The Balaban J connectivity index is 2.36. The van der Waals surface area contributed by atoms with E-state index in [9.17, 15) is 8.78 Å². The Hall–Kier alpha value is -1.45. The number of benzene rings is 2. The standard InChI is InChI=1S/C15H14ClF2N/c1-15(19,10-4-2-5-11(17)8-10)9-12-13(16)6-3-7-14(12)18/h2-8H,9,19H2,1H3. The van der Waals surface area contributed by atoms with Gasteiger partial charge in [-0.3, -0.25) is 0 Å². The van der Waals surface area contributed by atoms with Crippen molar-refractivity contribution in [3.8, 4) is 0 Å². The van der Waals surface area contributed by atoms with E-state index in [1.54, 1.807) is 25.1 Å². The molecule has 19 heavy (non-hydrogen) atoms. The molecule has 0 aliphatic rings. The van der Waals surface area contributed by atoms with Gasteiger partial charge < -0.3 is 5.73 Å². The largest absolute Gasteiger partial charge is 0.321 e. The van der Waals surface area contributed by atoms with E-state index in [0.717, 1.165) is 0 Å². The van der Waals surface area contributed by atoms with Gasteiger partial charge in [-0.1, -0.05) is 29.8 Å². The minimum Gasteiger partial charge on any atom is -0.321 e. The average molecular weight is 282 g/mol. The molecule has 0 saturated carbocycles. The molecule has 4 heteroatoms. The summed E-state index contributed by atoms with van der Waals surface area (Å²) in [7, 11) is 0. The van der Waals surface area contributed by atoms with Crippen LogP contribution >= 0.6 is 11.6 Å². The Morgan fingerprint density at radius 3 is 2.47 bits per heavy atom. The SMILES string of the molecule is CC(N)(Cc1c(F)cccc1Cl)c1cccc(F)c1. The fourth-order valence-electron chi connectivity index (χ4n) is 2.01. The highest BCUT2D eigenvalue weighted by atomic mass is 35.5. The molecule has 2 aromatic carbocycles. The zero-order valence-corrected chi connectivity index (χ0v) is 11.2. The third-order valence-electron chi connectivity index (χ3n) is 3.09. The van der Waals surface area contributed by atoms with Gasteiger partial charge in [0.2, 0.25) is 0 Å². The molecule has 1 unspecified atom stereocenters. The van der Waals surface area contributed by atoms with Crippen molar-refractivity contribution in [1.29, 1.82) is 0 Å². The lowest BCUT2D eigenvalue weighted by Gasteiger charge is -2.26. The van der Waals surface area contributed by atoms with Crippen LogP contribution in [0.5, 0.6) is 0 Å². The Bertz CT molecular complexity index is 576. The van der Waals surface area contributed by atoms with E-state index < -0.39 is 11.4 Å². The predicted molar refractivity (Wildman–Crippen MR) is 73.1 cm³/mol. The summed E-state index contributed by atoms with van der Waals surface area (Å²) in [6.45, 7) is 1.73. The van der Waals surface area contributed by atoms with Crippen LogP contribution < -0.4 is 5.73 Å². The first-order chi connectivity index (χ1) is 8.90. The normalized spacial score (nSPS) is 14.2. The number of nitrogens with two attached hydrogens (primary N) is 1. The lowest BCUT2D eigenvalue weighted by atomic mass is 9.86. The first-order valence-electron chi connectivity index (χ1n) is 5.88. The number of halogens is 3. The van der Waals surface area contributed by atoms with Gasteiger partial charge in [0.1, 0.15) is 11.6 Å². The molecule has 0 aliphatic heterocycles. The van der Waals surface area contributed by atoms with Crippen LogP contribution in [0.15, 0.2) is 42.5 Å². The van der Waals surface area contributed by atoms with Gasteiger partial charge in [-0.05, 0) is 43.2 Å². The van der Waals surface area contributed by atoms with Crippen molar-refractivity contribution in [2.75, 3.05) is 0 Å². The monoisotopic (exact) mass is 281 g/mol. The van der Waals surface area contributed by atoms with Crippen molar-refractivity contribution in [3.05, 3.63) is 70.2 Å². The summed E-state index contributed by atoms with van der Waals surface area (Å²) in [4.78, 5) is 0. The molecule has 0 fully saturated rings. The second-order valence-corrected chi connectivity index (χ2v) is 5.21. The van der Waals surface area contributed by atoms with Gasteiger partial charge in [-0.2, -0.15) is 0 Å². The van der Waals surface area contributed by atoms with Gasteiger partial charge in [0, 0.05) is 16.1 Å². The van der Waals surface area contributed by atoms with Crippen LogP contribution in [0.3, 0.4) is 0 Å². The van der Waals surface area contributed by atoms with Crippen molar-refractivity contribution in [2.24, 2.45) is 5.73 Å². The molecular weight excluding hydrogens is 268 g/mol. The van der Waals surface area contributed by atoms with Crippen molar-refractivity contribution >= 4 is 11.6 Å². The van der Waals surface area contributed by atoms with Crippen LogP contribution in [0.2, 0.25) is 5.02 Å². The molecule has 0 radical (unpaired) electrons. The molecule has 0 amide bonds. The highest BCUT2D eigenvalue weighted by Crippen LogP contribution is 2.28. The predicted octanol–water partition coefficient (Wildman–Crippen LogP) is 4.03. The van der Waals surface area contributed by atoms with Crippen LogP contribution in [0.4, 0.5) is 8.78 Å². The van der Waals surface area contributed by atoms with E-state index in [2.05, 4.69) is 0 Å². The molecule has 2 rings (SSSR count). The van der Waals surface area contributed by atoms with E-state index in [1.807, 2.05) is 0 Å². The molecule has 2 N–H and O–H groups in total. The van der Waals surface area contributed by atoms with Crippen molar-refractivity contribution < 1.29 is 8.78 Å². The molecule has 100 valence electrons. The Morgan fingerprint density at radius 2 is 1.84 bits per heavy atom. The topological polar surface area (TPSA) is 26.0 Å². The molecule has 2 aromatic rings. The van der Waals surface area contributed by atoms with Gasteiger partial charge in [-0.15, -0.1) is 0 Å². The van der Waals surface area contributed by atoms with E-state index in [1.165, 1.54) is 24.3 Å². The van der Waals surface area contributed by atoms with Crippen LogP contribution in [-0.4, -0.2) is 0 Å². The van der Waals surface area contributed by atoms with Crippen LogP contribution in [0, 0.1) is 11.6 Å². The number of rotatable bonds is 3. The highest BCUT2D eigenvalue weighted by molar-refractivity contribution is 6.31. The minimum atomic E-state index is -0.895. The fraction of sp³-hybridized carbons (Fsp3) is 0.200. The van der Waals surface area contributed by atoms with Gasteiger partial charge >= 0.3 is 0 Å². The quantitative estimate of drug-likeness (QED) is 0.903. The molecule has 0 bridgehead atoms. The summed E-state index contributed by atoms with van der Waals surface area (Å²) in [5.41, 5.74) is 6.24. The highest BCUT2D eigenvalue weighted by Gasteiger charge is 2.25. The average Bonchev–Trinajstić information content (AvgIpc) is 2.34. The zero-order valence-electron chi connectivity index (χ0n) is 10.5. The van der Waals surface area contributed by atoms with Gasteiger partial charge in [0.05, 0.1) is 0 Å². The third kappa shape index (κ3) is 3.11. The first-order valence-corrected chi connectivity index (χ1v) is 6.26. The summed E-state index contributed by atoms with van der Waals surface area (Å²) in [6.07, 6.45) is 0.196. The number of hydrogen-bond donors (Lipinski definition) is 1. The van der Waals surface area contributed by atoms with Crippen molar-refractivity contribution in [3.63, 3.8) is 0 Å². The summed E-state index contributed by atoms with van der Waals surface area (Å²) in [5, 5.41) is 0.327. The van der Waals surface area contributed by atoms with Crippen molar-refractivity contribution in [2.45, 2.75) is 18.9 Å².